The zero-order chi connectivity index (χ0) is 13.4. The third-order valence-electron chi connectivity index (χ3n) is 3.81. The quantitative estimate of drug-likeness (QED) is 0.644. The van der Waals surface area contributed by atoms with Gasteiger partial charge in [0.15, 0.2) is 0 Å². The zero-order valence-electron chi connectivity index (χ0n) is 10.4. The number of benzene rings is 1. The Balaban J connectivity index is 2.24. The van der Waals surface area contributed by atoms with Crippen LogP contribution in [0.1, 0.15) is 37.3 Å². The summed E-state index contributed by atoms with van der Waals surface area (Å²) in [5.74, 6) is 4.71. The fourth-order valence-electron chi connectivity index (χ4n) is 2.83. The Morgan fingerprint density at radius 2 is 1.84 bits per heavy atom. The number of nitrogens with zero attached hydrogens (tertiary/aromatic N) is 1. The summed E-state index contributed by atoms with van der Waals surface area (Å²) in [4.78, 5) is 4.32. The minimum Gasteiger partial charge on any atom is -0.323 e. The Labute approximate surface area is 109 Å². The summed E-state index contributed by atoms with van der Waals surface area (Å²) in [6.07, 6.45) is 4.39. The highest BCUT2D eigenvalue weighted by Crippen LogP contribution is 2.36. The van der Waals surface area contributed by atoms with Crippen LogP contribution in [0.25, 0.3) is 10.9 Å². The van der Waals surface area contributed by atoms with Crippen molar-refractivity contribution in [3.05, 3.63) is 35.5 Å². The van der Waals surface area contributed by atoms with Gasteiger partial charge in [-0.05, 0) is 31.0 Å². The van der Waals surface area contributed by atoms with Crippen LogP contribution in [0.4, 0.5) is 14.5 Å². The number of hydrazine groups is 1. The Kier molecular flexibility index (Phi) is 3.06. The van der Waals surface area contributed by atoms with Gasteiger partial charge in [0, 0.05) is 11.6 Å². The first-order valence-electron chi connectivity index (χ1n) is 6.46. The van der Waals surface area contributed by atoms with E-state index in [-0.39, 0.29) is 10.9 Å². The fraction of sp³-hybridized carbons (Fsp3) is 0.357. The van der Waals surface area contributed by atoms with Gasteiger partial charge in [-0.3, -0.25) is 5.84 Å². The van der Waals surface area contributed by atoms with Gasteiger partial charge in [0.05, 0.1) is 11.1 Å². The van der Waals surface area contributed by atoms with E-state index in [4.69, 9.17) is 5.84 Å². The standard InChI is InChI=1S/C14H15F2N3/c15-9-5-6-10(16)14-13(9)12(19-17)7-11(18-14)8-3-1-2-4-8/h5-8H,1-4,17H2,(H,18,19). The third kappa shape index (κ3) is 2.04. The smallest absolute Gasteiger partial charge is 0.149 e. The lowest BCUT2D eigenvalue weighted by molar-refractivity contribution is 0.613. The van der Waals surface area contributed by atoms with Crippen LogP contribution in [-0.2, 0) is 0 Å². The normalized spacial score (nSPS) is 16.2. The van der Waals surface area contributed by atoms with E-state index in [9.17, 15) is 8.78 Å². The van der Waals surface area contributed by atoms with E-state index in [1.165, 1.54) is 0 Å². The van der Waals surface area contributed by atoms with Crippen LogP contribution >= 0.6 is 0 Å². The number of pyridine rings is 1. The highest BCUT2D eigenvalue weighted by atomic mass is 19.1. The van der Waals surface area contributed by atoms with Crippen molar-refractivity contribution >= 4 is 16.6 Å². The molecule has 0 atom stereocenters. The molecule has 3 N–H and O–H groups in total. The van der Waals surface area contributed by atoms with Crippen LogP contribution in [-0.4, -0.2) is 4.98 Å². The van der Waals surface area contributed by atoms with Crippen molar-refractivity contribution in [3.63, 3.8) is 0 Å². The molecule has 0 unspecified atom stereocenters. The molecule has 5 heteroatoms. The summed E-state index contributed by atoms with van der Waals surface area (Å²) in [5.41, 5.74) is 3.69. The molecule has 1 fully saturated rings. The number of aromatic nitrogens is 1. The van der Waals surface area contributed by atoms with Crippen molar-refractivity contribution in [2.75, 3.05) is 5.43 Å². The molecule has 1 aromatic heterocycles. The summed E-state index contributed by atoms with van der Waals surface area (Å²) >= 11 is 0. The van der Waals surface area contributed by atoms with Gasteiger partial charge in [0.1, 0.15) is 17.2 Å². The number of nitrogen functional groups attached to an aromatic ring is 1. The van der Waals surface area contributed by atoms with Crippen molar-refractivity contribution in [1.29, 1.82) is 0 Å². The van der Waals surface area contributed by atoms with E-state index in [1.54, 1.807) is 6.07 Å². The summed E-state index contributed by atoms with van der Waals surface area (Å²) in [5, 5.41) is 0.115. The molecule has 0 saturated heterocycles. The number of rotatable bonds is 2. The molecule has 19 heavy (non-hydrogen) atoms. The van der Waals surface area contributed by atoms with Gasteiger partial charge in [-0.2, -0.15) is 0 Å². The van der Waals surface area contributed by atoms with E-state index in [2.05, 4.69) is 10.4 Å². The Morgan fingerprint density at radius 3 is 2.53 bits per heavy atom. The number of halogens is 2. The summed E-state index contributed by atoms with van der Waals surface area (Å²) in [6, 6.07) is 3.93. The molecule has 0 radical (unpaired) electrons. The molecule has 1 saturated carbocycles. The fourth-order valence-corrected chi connectivity index (χ4v) is 2.83. The molecule has 2 aromatic rings. The number of hydrogen-bond donors (Lipinski definition) is 2. The maximum Gasteiger partial charge on any atom is 0.149 e. The molecule has 0 amide bonds. The van der Waals surface area contributed by atoms with Crippen molar-refractivity contribution in [2.24, 2.45) is 5.84 Å². The van der Waals surface area contributed by atoms with E-state index < -0.39 is 11.6 Å². The number of hydrogen-bond acceptors (Lipinski definition) is 3. The Morgan fingerprint density at radius 1 is 1.16 bits per heavy atom. The van der Waals surface area contributed by atoms with Gasteiger partial charge in [-0.15, -0.1) is 0 Å². The molecule has 1 aliphatic carbocycles. The minimum atomic E-state index is -0.521. The second kappa shape index (κ2) is 4.74. The highest BCUT2D eigenvalue weighted by Gasteiger charge is 2.21. The first-order valence-corrected chi connectivity index (χ1v) is 6.46. The van der Waals surface area contributed by atoms with Crippen LogP contribution < -0.4 is 11.3 Å². The minimum absolute atomic E-state index is 0.0531. The van der Waals surface area contributed by atoms with Crippen LogP contribution in [0.2, 0.25) is 0 Å². The van der Waals surface area contributed by atoms with Gasteiger partial charge in [-0.25, -0.2) is 13.8 Å². The maximum absolute atomic E-state index is 13.9. The SMILES string of the molecule is NNc1cc(C2CCCC2)nc2c(F)ccc(F)c12. The van der Waals surface area contributed by atoms with E-state index >= 15 is 0 Å². The van der Waals surface area contributed by atoms with Gasteiger partial charge in [0.25, 0.3) is 0 Å². The van der Waals surface area contributed by atoms with Crippen LogP contribution in [0.3, 0.4) is 0 Å². The number of fused-ring (bicyclic) bond motifs is 1. The molecule has 3 rings (SSSR count). The third-order valence-corrected chi connectivity index (χ3v) is 3.81. The highest BCUT2D eigenvalue weighted by molar-refractivity contribution is 5.92. The molecule has 1 heterocycles. The van der Waals surface area contributed by atoms with E-state index in [0.29, 0.717) is 11.6 Å². The van der Waals surface area contributed by atoms with E-state index in [0.717, 1.165) is 43.5 Å². The lowest BCUT2D eigenvalue weighted by atomic mass is 10.0. The van der Waals surface area contributed by atoms with Gasteiger partial charge in [0.2, 0.25) is 0 Å². The van der Waals surface area contributed by atoms with E-state index in [1.807, 2.05) is 0 Å². The molecule has 100 valence electrons. The maximum atomic E-state index is 13.9. The van der Waals surface area contributed by atoms with Crippen LogP contribution in [0.15, 0.2) is 18.2 Å². The molecule has 1 aromatic carbocycles. The average molecular weight is 263 g/mol. The largest absolute Gasteiger partial charge is 0.323 e. The second-order valence-electron chi connectivity index (χ2n) is 4.97. The molecular formula is C14H15F2N3. The second-order valence-corrected chi connectivity index (χ2v) is 4.97. The van der Waals surface area contributed by atoms with Crippen LogP contribution in [0.5, 0.6) is 0 Å². The lowest BCUT2D eigenvalue weighted by Crippen LogP contribution is -2.10. The Hall–Kier alpha value is -1.75. The summed E-state index contributed by atoms with van der Waals surface area (Å²) < 4.78 is 27.7. The predicted molar refractivity (Wildman–Crippen MR) is 70.7 cm³/mol. The first kappa shape index (κ1) is 12.3. The van der Waals surface area contributed by atoms with Crippen molar-refractivity contribution < 1.29 is 8.78 Å². The molecule has 1 aliphatic rings. The number of nitrogens with two attached hydrogens (primary N) is 1. The molecule has 3 nitrogen and oxygen atoms in total. The summed E-state index contributed by atoms with van der Waals surface area (Å²) in [7, 11) is 0. The number of nitrogens with one attached hydrogen (secondary N) is 1. The Bertz CT molecular complexity index is 622. The average Bonchev–Trinajstić information content (AvgIpc) is 2.96. The molecule has 0 aliphatic heterocycles. The van der Waals surface area contributed by atoms with Crippen molar-refractivity contribution in [2.45, 2.75) is 31.6 Å². The molecule has 0 spiro atoms. The van der Waals surface area contributed by atoms with Gasteiger partial charge >= 0.3 is 0 Å². The first-order chi connectivity index (χ1) is 9.20. The zero-order valence-corrected chi connectivity index (χ0v) is 10.4. The molecular weight excluding hydrogens is 248 g/mol. The lowest BCUT2D eigenvalue weighted by Gasteiger charge is -2.14. The van der Waals surface area contributed by atoms with Gasteiger partial charge in [-0.1, -0.05) is 12.8 Å². The molecule has 0 bridgehead atoms. The summed E-state index contributed by atoms with van der Waals surface area (Å²) in [6.45, 7) is 0. The topological polar surface area (TPSA) is 50.9 Å². The van der Waals surface area contributed by atoms with Gasteiger partial charge < -0.3 is 5.43 Å². The number of anilines is 1. The van der Waals surface area contributed by atoms with Crippen LogP contribution in [0, 0.1) is 11.6 Å². The predicted octanol–water partition coefficient (Wildman–Crippen LogP) is 3.46. The van der Waals surface area contributed by atoms with Crippen molar-refractivity contribution in [3.8, 4) is 0 Å². The van der Waals surface area contributed by atoms with Crippen molar-refractivity contribution in [1.82, 2.24) is 4.98 Å². The monoisotopic (exact) mass is 263 g/mol.